The molecule has 2 aliphatic heterocycles. The Kier molecular flexibility index (Phi) is 3.55. The topological polar surface area (TPSA) is 52.5 Å². The maximum Gasteiger partial charge on any atom is 0.134 e. The summed E-state index contributed by atoms with van der Waals surface area (Å²) in [5.41, 5.74) is 0. The van der Waals surface area contributed by atoms with E-state index in [1.165, 1.54) is 12.8 Å². The number of aliphatic hydroxyl groups is 1. The second-order valence-corrected chi connectivity index (χ2v) is 5.79. The van der Waals surface area contributed by atoms with Gasteiger partial charge in [0, 0.05) is 32.2 Å². The quantitative estimate of drug-likeness (QED) is 0.870. The zero-order valence-electron chi connectivity index (χ0n) is 11.5. The molecule has 19 heavy (non-hydrogen) atoms. The predicted octanol–water partition coefficient (Wildman–Crippen LogP) is 1.28. The highest BCUT2D eigenvalue weighted by Gasteiger charge is 2.23. The number of β-amino-alcohol motifs (C(OH)–C–C–N with tert-alkyl or cyclic N) is 1. The molecule has 5 nitrogen and oxygen atoms in total. The van der Waals surface area contributed by atoms with Gasteiger partial charge in [0.15, 0.2) is 0 Å². The maximum absolute atomic E-state index is 9.61. The largest absolute Gasteiger partial charge is 0.391 e. The summed E-state index contributed by atoms with van der Waals surface area (Å²) >= 11 is 0. The minimum atomic E-state index is -0.214. The number of nitrogens with zero attached hydrogens (tertiary/aromatic N) is 4. The van der Waals surface area contributed by atoms with Crippen LogP contribution in [-0.2, 0) is 0 Å². The zero-order valence-corrected chi connectivity index (χ0v) is 11.5. The molecule has 1 aromatic rings. The zero-order chi connectivity index (χ0) is 13.2. The van der Waals surface area contributed by atoms with Crippen molar-refractivity contribution < 1.29 is 5.11 Å². The van der Waals surface area contributed by atoms with E-state index in [0.717, 1.165) is 43.6 Å². The Morgan fingerprint density at radius 2 is 1.68 bits per heavy atom. The van der Waals surface area contributed by atoms with Crippen LogP contribution in [0.2, 0.25) is 0 Å². The first-order valence-corrected chi connectivity index (χ1v) is 7.22. The Hall–Kier alpha value is -1.36. The van der Waals surface area contributed by atoms with Crippen LogP contribution < -0.4 is 9.80 Å². The first-order chi connectivity index (χ1) is 9.22. The fourth-order valence-electron chi connectivity index (χ4n) is 2.87. The first kappa shape index (κ1) is 12.7. The lowest BCUT2D eigenvalue weighted by Gasteiger charge is -2.31. The molecule has 0 bridgehead atoms. The van der Waals surface area contributed by atoms with Crippen LogP contribution in [0.3, 0.4) is 0 Å². The minimum Gasteiger partial charge on any atom is -0.391 e. The van der Waals surface area contributed by atoms with Crippen molar-refractivity contribution >= 4 is 11.6 Å². The van der Waals surface area contributed by atoms with Crippen molar-refractivity contribution in [2.24, 2.45) is 5.92 Å². The Labute approximate surface area is 114 Å². The van der Waals surface area contributed by atoms with Crippen molar-refractivity contribution in [1.29, 1.82) is 0 Å². The van der Waals surface area contributed by atoms with E-state index in [1.54, 1.807) is 6.33 Å². The van der Waals surface area contributed by atoms with Gasteiger partial charge in [-0.15, -0.1) is 0 Å². The van der Waals surface area contributed by atoms with Crippen LogP contribution in [0, 0.1) is 5.92 Å². The molecule has 3 rings (SSSR count). The predicted molar refractivity (Wildman–Crippen MR) is 75.5 cm³/mol. The normalized spacial score (nSPS) is 25.1. The van der Waals surface area contributed by atoms with E-state index < -0.39 is 0 Å². The summed E-state index contributed by atoms with van der Waals surface area (Å²) < 4.78 is 0. The van der Waals surface area contributed by atoms with Gasteiger partial charge in [0.2, 0.25) is 0 Å². The molecule has 0 aliphatic carbocycles. The maximum atomic E-state index is 9.61. The van der Waals surface area contributed by atoms with E-state index >= 15 is 0 Å². The van der Waals surface area contributed by atoms with Gasteiger partial charge >= 0.3 is 0 Å². The smallest absolute Gasteiger partial charge is 0.134 e. The van der Waals surface area contributed by atoms with Crippen molar-refractivity contribution in [3.05, 3.63) is 12.4 Å². The highest BCUT2D eigenvalue weighted by molar-refractivity contribution is 5.51. The van der Waals surface area contributed by atoms with Gasteiger partial charge in [-0.1, -0.05) is 6.92 Å². The van der Waals surface area contributed by atoms with Crippen molar-refractivity contribution in [1.82, 2.24) is 9.97 Å². The van der Waals surface area contributed by atoms with Crippen molar-refractivity contribution in [2.75, 3.05) is 36.0 Å². The fourth-order valence-corrected chi connectivity index (χ4v) is 2.87. The molecule has 2 saturated heterocycles. The molecule has 0 saturated carbocycles. The number of anilines is 2. The van der Waals surface area contributed by atoms with E-state index in [-0.39, 0.29) is 6.10 Å². The monoisotopic (exact) mass is 262 g/mol. The molecule has 104 valence electrons. The van der Waals surface area contributed by atoms with Gasteiger partial charge < -0.3 is 14.9 Å². The molecule has 0 amide bonds. The Balaban J connectivity index is 1.72. The summed E-state index contributed by atoms with van der Waals surface area (Å²) in [4.78, 5) is 13.2. The van der Waals surface area contributed by atoms with Gasteiger partial charge in [-0.3, -0.25) is 0 Å². The molecule has 3 heterocycles. The number of piperidine rings is 1. The van der Waals surface area contributed by atoms with Crippen LogP contribution in [0.4, 0.5) is 11.6 Å². The van der Waals surface area contributed by atoms with Gasteiger partial charge in [-0.05, 0) is 25.2 Å². The van der Waals surface area contributed by atoms with E-state index in [0.29, 0.717) is 6.54 Å². The molecular weight excluding hydrogens is 240 g/mol. The molecule has 1 aromatic heterocycles. The lowest BCUT2D eigenvalue weighted by Crippen LogP contribution is -2.33. The summed E-state index contributed by atoms with van der Waals surface area (Å²) in [7, 11) is 0. The van der Waals surface area contributed by atoms with Gasteiger partial charge in [-0.2, -0.15) is 0 Å². The van der Waals surface area contributed by atoms with Crippen molar-refractivity contribution in [3.63, 3.8) is 0 Å². The third-order valence-corrected chi connectivity index (χ3v) is 4.23. The number of hydrogen-bond donors (Lipinski definition) is 1. The van der Waals surface area contributed by atoms with E-state index in [9.17, 15) is 5.11 Å². The second kappa shape index (κ2) is 5.33. The molecule has 5 heteroatoms. The summed E-state index contributed by atoms with van der Waals surface area (Å²) in [5.74, 6) is 2.80. The molecule has 0 aromatic carbocycles. The van der Waals surface area contributed by atoms with Crippen molar-refractivity contribution in [2.45, 2.75) is 32.3 Å². The van der Waals surface area contributed by atoms with Crippen LogP contribution >= 0.6 is 0 Å². The van der Waals surface area contributed by atoms with Crippen LogP contribution in [0.25, 0.3) is 0 Å². The summed E-state index contributed by atoms with van der Waals surface area (Å²) in [5, 5.41) is 9.61. The van der Waals surface area contributed by atoms with Gasteiger partial charge in [0.1, 0.15) is 18.0 Å². The summed E-state index contributed by atoms with van der Waals surface area (Å²) in [6.45, 7) is 6.05. The third-order valence-electron chi connectivity index (χ3n) is 4.23. The Bertz CT molecular complexity index is 431. The minimum absolute atomic E-state index is 0.214. The molecule has 1 unspecified atom stereocenters. The molecule has 0 spiro atoms. The average molecular weight is 262 g/mol. The average Bonchev–Trinajstić information content (AvgIpc) is 2.86. The second-order valence-electron chi connectivity index (χ2n) is 5.79. The summed E-state index contributed by atoms with van der Waals surface area (Å²) in [6.07, 6.45) is 4.74. The Morgan fingerprint density at radius 1 is 1.05 bits per heavy atom. The number of aromatic nitrogens is 2. The van der Waals surface area contributed by atoms with E-state index in [2.05, 4.69) is 32.8 Å². The van der Waals surface area contributed by atoms with E-state index in [1.807, 2.05) is 0 Å². The highest BCUT2D eigenvalue weighted by Crippen LogP contribution is 2.25. The number of hydrogen-bond acceptors (Lipinski definition) is 5. The standard InChI is InChI=1S/C14H22N4O/c1-11-2-5-17(6-3-11)13-8-14(16-10-15-13)18-7-4-12(19)9-18/h8,10-12,19H,2-7,9H2,1H3. The molecule has 1 N–H and O–H groups in total. The van der Waals surface area contributed by atoms with Gasteiger partial charge in [0.05, 0.1) is 6.10 Å². The molecule has 0 radical (unpaired) electrons. The Morgan fingerprint density at radius 3 is 2.32 bits per heavy atom. The first-order valence-electron chi connectivity index (χ1n) is 7.22. The number of rotatable bonds is 2. The fraction of sp³-hybridized carbons (Fsp3) is 0.714. The van der Waals surface area contributed by atoms with Crippen LogP contribution in [-0.4, -0.2) is 47.4 Å². The van der Waals surface area contributed by atoms with Crippen molar-refractivity contribution in [3.8, 4) is 0 Å². The van der Waals surface area contributed by atoms with Crippen LogP contribution in [0.15, 0.2) is 12.4 Å². The van der Waals surface area contributed by atoms with Crippen LogP contribution in [0.1, 0.15) is 26.2 Å². The molecule has 2 aliphatic rings. The lowest BCUT2D eigenvalue weighted by atomic mass is 9.99. The number of aliphatic hydroxyl groups excluding tert-OH is 1. The lowest BCUT2D eigenvalue weighted by molar-refractivity contribution is 0.198. The third kappa shape index (κ3) is 2.81. The SMILES string of the molecule is CC1CCN(c2cc(N3CCC(O)C3)ncn2)CC1. The van der Waals surface area contributed by atoms with Crippen LogP contribution in [0.5, 0.6) is 0 Å². The highest BCUT2D eigenvalue weighted by atomic mass is 16.3. The molecule has 2 fully saturated rings. The summed E-state index contributed by atoms with van der Waals surface area (Å²) in [6, 6.07) is 2.06. The van der Waals surface area contributed by atoms with E-state index in [4.69, 9.17) is 0 Å². The molecular formula is C14H22N4O. The van der Waals surface area contributed by atoms with Gasteiger partial charge in [0.25, 0.3) is 0 Å². The van der Waals surface area contributed by atoms with Gasteiger partial charge in [-0.25, -0.2) is 9.97 Å². The molecule has 1 atom stereocenters.